The van der Waals surface area contributed by atoms with Crippen molar-refractivity contribution in [2.75, 3.05) is 7.11 Å². The summed E-state index contributed by atoms with van der Waals surface area (Å²) in [5.74, 6) is 1.49. The van der Waals surface area contributed by atoms with E-state index in [1.807, 2.05) is 0 Å². The first-order valence-electron chi connectivity index (χ1n) is 13.1. The maximum absolute atomic E-state index is 14.9. The van der Waals surface area contributed by atoms with Crippen molar-refractivity contribution in [2.45, 2.75) is 96.8 Å². The molecule has 32 heavy (non-hydrogen) atoms. The van der Waals surface area contributed by atoms with Crippen LogP contribution in [0.25, 0.3) is 0 Å². The summed E-state index contributed by atoms with van der Waals surface area (Å²) >= 11 is 0. The highest BCUT2D eigenvalue weighted by atomic mass is 19.1. The monoisotopic (exact) mass is 446 g/mol. The molecule has 0 radical (unpaired) electrons. The number of benzene rings is 1. The van der Waals surface area contributed by atoms with Crippen LogP contribution >= 0.6 is 0 Å². The minimum absolute atomic E-state index is 0.512. The number of carbonyl (C=O) groups is 1. The van der Waals surface area contributed by atoms with E-state index in [1.165, 1.54) is 76.7 Å². The summed E-state index contributed by atoms with van der Waals surface area (Å²) in [7, 11) is 1.16. The molecule has 0 aliphatic heterocycles. The number of esters is 1. The topological polar surface area (TPSA) is 26.3 Å². The Morgan fingerprint density at radius 2 is 1.69 bits per heavy atom. The molecule has 0 amide bonds. The van der Waals surface area contributed by atoms with Gasteiger partial charge in [-0.25, -0.2) is 13.6 Å². The average molecular weight is 447 g/mol. The largest absolute Gasteiger partial charge is 0.465 e. The van der Waals surface area contributed by atoms with Crippen molar-refractivity contribution >= 4 is 5.97 Å². The van der Waals surface area contributed by atoms with E-state index in [4.69, 9.17) is 0 Å². The molecule has 0 bridgehead atoms. The van der Waals surface area contributed by atoms with Crippen molar-refractivity contribution in [2.24, 2.45) is 29.6 Å². The van der Waals surface area contributed by atoms with Crippen molar-refractivity contribution in [1.29, 1.82) is 0 Å². The Labute approximate surface area is 192 Å². The molecule has 3 aliphatic carbocycles. The van der Waals surface area contributed by atoms with Gasteiger partial charge < -0.3 is 4.74 Å². The van der Waals surface area contributed by atoms with E-state index in [2.05, 4.69) is 11.7 Å². The second-order valence-electron chi connectivity index (χ2n) is 10.8. The fourth-order valence-corrected chi connectivity index (χ4v) is 7.14. The summed E-state index contributed by atoms with van der Waals surface area (Å²) in [4.78, 5) is 11.8. The summed E-state index contributed by atoms with van der Waals surface area (Å²) in [5.41, 5.74) is 0.763. The molecular weight excluding hydrogens is 406 g/mol. The number of hydrogen-bond donors (Lipinski definition) is 0. The van der Waals surface area contributed by atoms with Gasteiger partial charge in [-0.3, -0.25) is 0 Å². The van der Waals surface area contributed by atoms with E-state index in [0.717, 1.165) is 43.3 Å². The lowest BCUT2D eigenvalue weighted by atomic mass is 9.60. The third-order valence-corrected chi connectivity index (χ3v) is 8.94. The van der Waals surface area contributed by atoms with Crippen LogP contribution in [0.1, 0.15) is 105 Å². The Morgan fingerprint density at radius 3 is 2.44 bits per heavy atom. The predicted molar refractivity (Wildman–Crippen MR) is 124 cm³/mol. The molecule has 0 N–H and O–H groups in total. The summed E-state index contributed by atoms with van der Waals surface area (Å²) in [6.45, 7) is 2.28. The standard InChI is InChI=1S/C28H40F2O2/c1-3-4-5-6-7-18-8-9-20-15-21(11-10-19(20)14-18)22-12-13-24-23(16-22)17-25(29)26(27(24)30)28(31)32-2/h17-22H,3-16H2,1-2H3. The number of methoxy groups -OCH3 is 1. The first kappa shape index (κ1) is 23.7. The van der Waals surface area contributed by atoms with Crippen LogP contribution in [-0.4, -0.2) is 13.1 Å². The SMILES string of the molecule is CCCCCCC1CCC2CC(C3CCc4c(cc(F)c(C(=O)OC)c4F)C3)CCC2C1. The van der Waals surface area contributed by atoms with E-state index in [9.17, 15) is 13.6 Å². The molecule has 0 heterocycles. The molecule has 4 rings (SSSR count). The highest BCUT2D eigenvalue weighted by Gasteiger charge is 2.39. The van der Waals surface area contributed by atoms with Gasteiger partial charge in [0.05, 0.1) is 7.11 Å². The molecule has 1 aromatic rings. The average Bonchev–Trinajstić information content (AvgIpc) is 2.81. The van der Waals surface area contributed by atoms with Gasteiger partial charge in [-0.1, -0.05) is 45.4 Å². The smallest absolute Gasteiger partial charge is 0.343 e. The number of ether oxygens (including phenoxy) is 1. The van der Waals surface area contributed by atoms with Crippen LogP contribution in [0.15, 0.2) is 6.07 Å². The predicted octanol–water partition coefficient (Wildman–Crippen LogP) is 7.66. The second-order valence-corrected chi connectivity index (χ2v) is 10.8. The van der Waals surface area contributed by atoms with E-state index in [0.29, 0.717) is 23.8 Å². The lowest BCUT2D eigenvalue weighted by molar-refractivity contribution is 0.0588. The fraction of sp³-hybridized carbons (Fsp3) is 0.750. The molecule has 2 saturated carbocycles. The van der Waals surface area contributed by atoms with Crippen molar-refractivity contribution in [3.63, 3.8) is 0 Å². The van der Waals surface area contributed by atoms with Crippen LogP contribution in [0, 0.1) is 41.2 Å². The lowest BCUT2D eigenvalue weighted by Crippen LogP contribution is -2.35. The third-order valence-electron chi connectivity index (χ3n) is 8.94. The number of rotatable bonds is 7. The molecule has 4 heteroatoms. The summed E-state index contributed by atoms with van der Waals surface area (Å²) in [6, 6.07) is 1.40. The Balaban J connectivity index is 1.34. The van der Waals surface area contributed by atoms with Gasteiger partial charge in [-0.05, 0) is 98.1 Å². The first-order chi connectivity index (χ1) is 15.5. The molecule has 2 fully saturated rings. The summed E-state index contributed by atoms with van der Waals surface area (Å²) < 4.78 is 33.9. The van der Waals surface area contributed by atoms with Crippen molar-refractivity contribution in [1.82, 2.24) is 0 Å². The van der Waals surface area contributed by atoms with Crippen LogP contribution in [0.2, 0.25) is 0 Å². The van der Waals surface area contributed by atoms with Crippen molar-refractivity contribution < 1.29 is 18.3 Å². The zero-order valence-corrected chi connectivity index (χ0v) is 19.9. The van der Waals surface area contributed by atoms with Gasteiger partial charge in [0, 0.05) is 0 Å². The molecule has 3 aliphatic rings. The number of unbranched alkanes of at least 4 members (excludes halogenated alkanes) is 3. The zero-order chi connectivity index (χ0) is 22.7. The van der Waals surface area contributed by atoms with Gasteiger partial charge >= 0.3 is 5.97 Å². The maximum atomic E-state index is 14.9. The van der Waals surface area contributed by atoms with E-state index >= 15 is 0 Å². The van der Waals surface area contributed by atoms with Crippen LogP contribution in [0.5, 0.6) is 0 Å². The number of hydrogen-bond acceptors (Lipinski definition) is 2. The minimum atomic E-state index is -0.927. The Kier molecular flexibility index (Phi) is 7.89. The van der Waals surface area contributed by atoms with Gasteiger partial charge in [0.2, 0.25) is 0 Å². The van der Waals surface area contributed by atoms with E-state index in [1.54, 1.807) is 0 Å². The minimum Gasteiger partial charge on any atom is -0.465 e. The maximum Gasteiger partial charge on any atom is 0.343 e. The molecule has 5 unspecified atom stereocenters. The molecule has 0 spiro atoms. The summed E-state index contributed by atoms with van der Waals surface area (Å²) in [6.07, 6.45) is 17.3. The van der Waals surface area contributed by atoms with Gasteiger partial charge in [0.25, 0.3) is 0 Å². The molecule has 5 atom stereocenters. The quantitative estimate of drug-likeness (QED) is 0.317. The first-order valence-corrected chi connectivity index (χ1v) is 13.1. The Hall–Kier alpha value is -1.45. The molecule has 2 nitrogen and oxygen atoms in total. The zero-order valence-electron chi connectivity index (χ0n) is 19.9. The molecule has 1 aromatic carbocycles. The van der Waals surface area contributed by atoms with E-state index in [-0.39, 0.29) is 0 Å². The van der Waals surface area contributed by atoms with Crippen molar-refractivity contribution in [3.8, 4) is 0 Å². The van der Waals surface area contributed by atoms with E-state index < -0.39 is 23.2 Å². The third kappa shape index (κ3) is 5.04. The van der Waals surface area contributed by atoms with Gasteiger partial charge in [0.15, 0.2) is 0 Å². The Bertz CT molecular complexity index is 805. The molecular formula is C28H40F2O2. The van der Waals surface area contributed by atoms with Gasteiger partial charge in [0.1, 0.15) is 17.2 Å². The molecule has 178 valence electrons. The van der Waals surface area contributed by atoms with Crippen LogP contribution in [0.4, 0.5) is 8.78 Å². The Morgan fingerprint density at radius 1 is 0.969 bits per heavy atom. The van der Waals surface area contributed by atoms with Crippen LogP contribution in [0.3, 0.4) is 0 Å². The highest BCUT2D eigenvalue weighted by Crippen LogP contribution is 2.49. The molecule has 0 aromatic heterocycles. The van der Waals surface area contributed by atoms with Crippen LogP contribution in [-0.2, 0) is 17.6 Å². The number of carbonyl (C=O) groups excluding carboxylic acids is 1. The van der Waals surface area contributed by atoms with Gasteiger partial charge in [-0.15, -0.1) is 0 Å². The normalized spacial score (nSPS) is 29.8. The highest BCUT2D eigenvalue weighted by molar-refractivity contribution is 5.90. The van der Waals surface area contributed by atoms with Gasteiger partial charge in [-0.2, -0.15) is 0 Å². The van der Waals surface area contributed by atoms with Crippen LogP contribution < -0.4 is 0 Å². The number of halogens is 2. The van der Waals surface area contributed by atoms with Crippen molar-refractivity contribution in [3.05, 3.63) is 34.4 Å². The lowest BCUT2D eigenvalue weighted by Gasteiger charge is -2.45. The molecule has 0 saturated heterocycles. The second kappa shape index (κ2) is 10.7. The fourth-order valence-electron chi connectivity index (χ4n) is 7.14. The summed E-state index contributed by atoms with van der Waals surface area (Å²) in [5, 5.41) is 0. The number of fused-ring (bicyclic) bond motifs is 2.